The maximum Gasteiger partial charge on any atom is 0.269 e. The van der Waals surface area contributed by atoms with E-state index in [1.807, 2.05) is 0 Å². The van der Waals surface area contributed by atoms with E-state index in [1.54, 1.807) is 60.7 Å². The van der Waals surface area contributed by atoms with Gasteiger partial charge in [0.2, 0.25) is 0 Å². The molecule has 0 bridgehead atoms. The van der Waals surface area contributed by atoms with Crippen LogP contribution in [0.3, 0.4) is 0 Å². The molecule has 0 amide bonds. The summed E-state index contributed by atoms with van der Waals surface area (Å²) in [4.78, 5) is 55.1. The Hall–Kier alpha value is -8.79. The largest absolute Gasteiger partial charge is 0.508 e. The molecule has 2 N–H and O–H groups in total. The molecule has 2 aliphatic carbocycles. The zero-order valence-electron chi connectivity index (χ0n) is 30.6. The third-order valence-corrected chi connectivity index (χ3v) is 9.15. The molecule has 15 nitrogen and oxygen atoms in total. The van der Waals surface area contributed by atoms with Crippen molar-refractivity contribution in [2.24, 2.45) is 0 Å². The molecule has 296 valence electrons. The summed E-state index contributed by atoms with van der Waals surface area (Å²) in [6.07, 6.45) is 0. The third-order valence-electron chi connectivity index (χ3n) is 9.15. The lowest BCUT2D eigenvalue weighted by Gasteiger charge is -2.08. The van der Waals surface area contributed by atoms with Crippen LogP contribution in [0.25, 0.3) is 22.3 Å². The number of ketones is 2. The first-order chi connectivity index (χ1) is 28.7. The van der Waals surface area contributed by atoms with E-state index in [-0.39, 0.29) is 40.1 Å². The lowest BCUT2D eigenvalue weighted by molar-refractivity contribution is -0.385. The first-order valence-corrected chi connectivity index (χ1v) is 17.5. The first kappa shape index (κ1) is 39.4. The maximum absolute atomic E-state index is 13.1. The first-order valence-electron chi connectivity index (χ1n) is 17.5. The van der Waals surface area contributed by atoms with Gasteiger partial charge in [0.25, 0.3) is 17.1 Å². The second-order valence-electron chi connectivity index (χ2n) is 13.0. The number of hydrogen-bond donors (Lipinski definition) is 2. The summed E-state index contributed by atoms with van der Waals surface area (Å²) >= 11 is 0. The summed E-state index contributed by atoms with van der Waals surface area (Å²) in [5, 5.41) is 50.3. The van der Waals surface area contributed by atoms with E-state index >= 15 is 0 Å². The summed E-state index contributed by atoms with van der Waals surface area (Å²) in [6, 6.07) is 35.4. The predicted molar refractivity (Wildman–Crippen MR) is 213 cm³/mol. The van der Waals surface area contributed by atoms with Crippen molar-refractivity contribution in [1.82, 2.24) is 0 Å². The highest BCUT2D eigenvalue weighted by atomic mass is 19.1. The summed E-state index contributed by atoms with van der Waals surface area (Å²) in [5.74, 6) is 1.01. The van der Waals surface area contributed by atoms with Crippen LogP contribution >= 0.6 is 0 Å². The van der Waals surface area contributed by atoms with Gasteiger partial charge in [-0.15, -0.1) is 0 Å². The van der Waals surface area contributed by atoms with Crippen molar-refractivity contribution >= 4 is 28.6 Å². The monoisotopic (exact) mass is 807 g/mol. The summed E-state index contributed by atoms with van der Waals surface area (Å²) < 4.78 is 23.7. The lowest BCUT2D eigenvalue weighted by atomic mass is 10.1. The Bertz CT molecular complexity index is 2700. The standard InChI is InChI=1S/C25H14N2O7.C13H8O3.C6H4FNO2/c28-25-23-13-19(33-17-5-1-15(2-6-17)26(29)30)9-11-21(23)22-12-10-20(14-24(22)25)34-18-7-3-16(4-8-18)27(31)32;14-7-1-3-9-10-4-2-8(15)6-12(10)13(16)11(9)5-7;7-5-1-3-6(4-2-5)8(9)10/h1-14H;1-6,14-15H;1-4H. The van der Waals surface area contributed by atoms with Crippen LogP contribution in [0.4, 0.5) is 21.5 Å². The number of nitro benzene ring substituents is 3. The Morgan fingerprint density at radius 2 is 0.667 bits per heavy atom. The van der Waals surface area contributed by atoms with Crippen molar-refractivity contribution in [3.63, 3.8) is 0 Å². The SMILES string of the molecule is O=C1c2cc(O)ccc2-c2ccc(O)cc21.O=C1c2cc(Oc3ccc([N+](=O)[O-])cc3)ccc2-c2ccc(Oc3ccc([N+](=O)[O-])cc3)cc21.O=[N+]([O-])c1ccc(F)cc1. The molecule has 9 rings (SSSR count). The second kappa shape index (κ2) is 16.4. The van der Waals surface area contributed by atoms with Crippen LogP contribution in [0.15, 0.2) is 146 Å². The van der Waals surface area contributed by atoms with Crippen LogP contribution in [-0.2, 0) is 0 Å². The fourth-order valence-electron chi connectivity index (χ4n) is 6.33. The van der Waals surface area contributed by atoms with Gasteiger partial charge in [-0.3, -0.25) is 39.9 Å². The fraction of sp³-hybridized carbons (Fsp3) is 0. The highest BCUT2D eigenvalue weighted by Crippen LogP contribution is 2.42. The highest BCUT2D eigenvalue weighted by molar-refractivity contribution is 6.22. The predicted octanol–water partition coefficient (Wildman–Crippen LogP) is 10.3. The van der Waals surface area contributed by atoms with Crippen LogP contribution in [0.5, 0.6) is 34.5 Å². The van der Waals surface area contributed by atoms with Crippen molar-refractivity contribution < 1.29 is 48.4 Å². The van der Waals surface area contributed by atoms with Gasteiger partial charge in [0.15, 0.2) is 11.6 Å². The number of halogens is 1. The van der Waals surface area contributed by atoms with Gasteiger partial charge in [-0.1, -0.05) is 0 Å². The van der Waals surface area contributed by atoms with E-state index in [0.717, 1.165) is 46.5 Å². The van der Waals surface area contributed by atoms with Gasteiger partial charge in [0, 0.05) is 58.7 Å². The van der Waals surface area contributed by atoms with Gasteiger partial charge >= 0.3 is 0 Å². The average Bonchev–Trinajstić information content (AvgIpc) is 3.66. The van der Waals surface area contributed by atoms with Crippen molar-refractivity contribution in [3.05, 3.63) is 204 Å². The number of nitrogens with zero attached hydrogens (tertiary/aromatic N) is 3. The number of benzene rings is 7. The molecule has 0 radical (unpaired) electrons. The Morgan fingerprint density at radius 3 is 1.00 bits per heavy atom. The van der Waals surface area contributed by atoms with Crippen molar-refractivity contribution in [1.29, 1.82) is 0 Å². The molecule has 0 unspecified atom stereocenters. The van der Waals surface area contributed by atoms with Gasteiger partial charge in [-0.25, -0.2) is 4.39 Å². The molecule has 0 spiro atoms. The molecule has 0 saturated heterocycles. The fourth-order valence-corrected chi connectivity index (χ4v) is 6.33. The van der Waals surface area contributed by atoms with Gasteiger partial charge in [-0.2, -0.15) is 0 Å². The molecule has 0 saturated carbocycles. The smallest absolute Gasteiger partial charge is 0.269 e. The van der Waals surface area contributed by atoms with Crippen LogP contribution < -0.4 is 9.47 Å². The van der Waals surface area contributed by atoms with Crippen molar-refractivity contribution in [3.8, 4) is 56.8 Å². The number of phenolic OH excluding ortho intramolecular Hbond substituents is 2. The van der Waals surface area contributed by atoms with E-state index in [4.69, 9.17) is 9.47 Å². The molecule has 0 fully saturated rings. The number of ether oxygens (including phenoxy) is 2. The van der Waals surface area contributed by atoms with E-state index < -0.39 is 20.6 Å². The summed E-state index contributed by atoms with van der Waals surface area (Å²) in [7, 11) is 0. The zero-order valence-corrected chi connectivity index (χ0v) is 30.6. The van der Waals surface area contributed by atoms with Gasteiger partial charge in [-0.05, 0) is 131 Å². The topological polar surface area (TPSA) is 222 Å². The average molecular weight is 808 g/mol. The van der Waals surface area contributed by atoms with Crippen LogP contribution in [0.2, 0.25) is 0 Å². The number of hydrogen-bond acceptors (Lipinski definition) is 12. The minimum absolute atomic E-state index is 0.0429. The van der Waals surface area contributed by atoms with Gasteiger partial charge in [0.05, 0.1) is 14.8 Å². The zero-order chi connectivity index (χ0) is 42.7. The normalized spacial score (nSPS) is 11.3. The number of phenols is 2. The number of non-ortho nitro benzene ring substituents is 3. The minimum atomic E-state index is -0.570. The molecular weight excluding hydrogens is 781 g/mol. The molecule has 0 aliphatic heterocycles. The number of aromatic hydroxyl groups is 2. The van der Waals surface area contributed by atoms with E-state index in [0.29, 0.717) is 45.3 Å². The Morgan fingerprint density at radius 1 is 0.383 bits per heavy atom. The second-order valence-corrected chi connectivity index (χ2v) is 13.0. The number of nitro groups is 3. The molecular formula is C44H26FN3O12. The molecule has 7 aromatic carbocycles. The summed E-state index contributed by atoms with van der Waals surface area (Å²) in [5.41, 5.74) is 4.87. The number of rotatable bonds is 7. The van der Waals surface area contributed by atoms with Gasteiger partial charge in [0.1, 0.15) is 40.3 Å². The molecule has 7 aromatic rings. The molecule has 0 aromatic heterocycles. The third kappa shape index (κ3) is 8.33. The maximum atomic E-state index is 13.1. The molecule has 0 atom stereocenters. The highest BCUT2D eigenvalue weighted by Gasteiger charge is 2.29. The molecule has 16 heteroatoms. The van der Waals surface area contributed by atoms with Gasteiger partial charge < -0.3 is 19.7 Å². The van der Waals surface area contributed by atoms with E-state index in [2.05, 4.69) is 0 Å². The Balaban J connectivity index is 0.000000171. The number of carbonyl (C=O) groups is 2. The van der Waals surface area contributed by atoms with Crippen LogP contribution in [0.1, 0.15) is 31.8 Å². The van der Waals surface area contributed by atoms with Crippen LogP contribution in [-0.4, -0.2) is 36.5 Å². The van der Waals surface area contributed by atoms with E-state index in [1.165, 1.54) is 60.7 Å². The van der Waals surface area contributed by atoms with Crippen molar-refractivity contribution in [2.75, 3.05) is 0 Å². The lowest BCUT2D eigenvalue weighted by Crippen LogP contribution is -1.96. The molecule has 2 aliphatic rings. The Kier molecular flexibility index (Phi) is 10.8. The number of fused-ring (bicyclic) bond motifs is 6. The van der Waals surface area contributed by atoms with Crippen LogP contribution in [0, 0.1) is 36.2 Å². The van der Waals surface area contributed by atoms with E-state index in [9.17, 15) is 54.5 Å². The summed E-state index contributed by atoms with van der Waals surface area (Å²) in [6.45, 7) is 0. The quantitative estimate of drug-likeness (QED) is 0.113. The minimum Gasteiger partial charge on any atom is -0.508 e. The Labute approximate surface area is 337 Å². The molecule has 0 heterocycles. The number of carbonyl (C=O) groups excluding carboxylic acids is 2. The van der Waals surface area contributed by atoms with Crippen molar-refractivity contribution in [2.45, 2.75) is 0 Å². The molecule has 60 heavy (non-hydrogen) atoms.